The molecule has 112 valence electrons. The molecular formula is C16H18BrClN2O. The highest BCUT2D eigenvalue weighted by atomic mass is 79.9. The highest BCUT2D eigenvalue weighted by Gasteiger charge is 2.18. The molecule has 0 saturated carbocycles. The first kappa shape index (κ1) is 16.1. The van der Waals surface area contributed by atoms with Gasteiger partial charge in [-0.2, -0.15) is 0 Å². The Kier molecular flexibility index (Phi) is 5.51. The highest BCUT2D eigenvalue weighted by molar-refractivity contribution is 9.10. The molecule has 0 radical (unpaired) electrons. The Balaban J connectivity index is 2.30. The van der Waals surface area contributed by atoms with Crippen molar-refractivity contribution in [2.75, 3.05) is 25.6 Å². The molecule has 3 nitrogen and oxygen atoms in total. The largest absolute Gasteiger partial charge is 0.497 e. The predicted molar refractivity (Wildman–Crippen MR) is 92.3 cm³/mol. The molecule has 2 aromatic carbocycles. The lowest BCUT2D eigenvalue weighted by Gasteiger charge is -2.30. The van der Waals surface area contributed by atoms with Crippen LogP contribution < -0.4 is 15.4 Å². The highest BCUT2D eigenvalue weighted by Crippen LogP contribution is 2.32. The van der Waals surface area contributed by atoms with Gasteiger partial charge in [0.05, 0.1) is 13.2 Å². The maximum absolute atomic E-state index is 6.01. The molecule has 2 rings (SSSR count). The van der Waals surface area contributed by atoms with Crippen LogP contribution in [0.15, 0.2) is 46.9 Å². The van der Waals surface area contributed by atoms with E-state index >= 15 is 0 Å². The number of hydrogen-bond acceptors (Lipinski definition) is 3. The van der Waals surface area contributed by atoms with Gasteiger partial charge in [0.25, 0.3) is 0 Å². The summed E-state index contributed by atoms with van der Waals surface area (Å²) in [6.45, 7) is 0.503. The molecule has 1 unspecified atom stereocenters. The fourth-order valence-electron chi connectivity index (χ4n) is 2.26. The number of rotatable bonds is 5. The summed E-state index contributed by atoms with van der Waals surface area (Å²) in [6, 6.07) is 13.8. The number of anilines is 1. The van der Waals surface area contributed by atoms with E-state index in [1.165, 1.54) is 0 Å². The number of nitrogens with two attached hydrogens (primary N) is 1. The van der Waals surface area contributed by atoms with Crippen molar-refractivity contribution in [1.82, 2.24) is 0 Å². The van der Waals surface area contributed by atoms with E-state index in [4.69, 9.17) is 22.1 Å². The van der Waals surface area contributed by atoms with Crippen molar-refractivity contribution in [3.63, 3.8) is 0 Å². The van der Waals surface area contributed by atoms with Crippen molar-refractivity contribution in [2.45, 2.75) is 6.04 Å². The molecule has 2 N–H and O–H groups in total. The van der Waals surface area contributed by atoms with Gasteiger partial charge in [-0.15, -0.1) is 0 Å². The zero-order chi connectivity index (χ0) is 15.4. The van der Waals surface area contributed by atoms with Crippen molar-refractivity contribution >= 4 is 33.2 Å². The molecule has 0 aliphatic rings. The van der Waals surface area contributed by atoms with Gasteiger partial charge in [0.2, 0.25) is 0 Å². The van der Waals surface area contributed by atoms with Gasteiger partial charge in [-0.25, -0.2) is 0 Å². The van der Waals surface area contributed by atoms with Crippen molar-refractivity contribution in [3.05, 3.63) is 57.5 Å². The zero-order valence-electron chi connectivity index (χ0n) is 12.0. The first-order chi connectivity index (χ1) is 10.1. The van der Waals surface area contributed by atoms with E-state index < -0.39 is 0 Å². The first-order valence-electron chi connectivity index (χ1n) is 6.58. The van der Waals surface area contributed by atoms with Crippen LogP contribution in [0.1, 0.15) is 11.6 Å². The Morgan fingerprint density at radius 2 is 1.90 bits per heavy atom. The predicted octanol–water partition coefficient (Wildman–Crippen LogP) is 4.25. The Hall–Kier alpha value is -1.23. The second-order valence-electron chi connectivity index (χ2n) is 4.73. The van der Waals surface area contributed by atoms with Crippen LogP contribution in [0.2, 0.25) is 5.02 Å². The molecule has 0 aliphatic heterocycles. The summed E-state index contributed by atoms with van der Waals surface area (Å²) in [5, 5.41) is 0.702. The summed E-state index contributed by atoms with van der Waals surface area (Å²) < 4.78 is 6.15. The van der Waals surface area contributed by atoms with Crippen LogP contribution in [0, 0.1) is 0 Å². The fraction of sp³-hybridized carbons (Fsp3) is 0.250. The van der Waals surface area contributed by atoms with Gasteiger partial charge in [-0.3, -0.25) is 0 Å². The molecule has 2 aromatic rings. The smallest absolute Gasteiger partial charge is 0.119 e. The monoisotopic (exact) mass is 368 g/mol. The molecule has 0 bridgehead atoms. The quantitative estimate of drug-likeness (QED) is 0.856. The number of benzene rings is 2. The van der Waals surface area contributed by atoms with Gasteiger partial charge in [-0.05, 0) is 42.0 Å². The maximum atomic E-state index is 6.01. The average Bonchev–Trinajstić information content (AvgIpc) is 2.50. The second-order valence-corrected chi connectivity index (χ2v) is 6.02. The minimum absolute atomic E-state index is 0.0602. The molecule has 0 aromatic heterocycles. The van der Waals surface area contributed by atoms with Crippen LogP contribution in [0.4, 0.5) is 5.69 Å². The first-order valence-corrected chi connectivity index (χ1v) is 7.75. The molecular weight excluding hydrogens is 352 g/mol. The summed E-state index contributed by atoms with van der Waals surface area (Å²) in [5.41, 5.74) is 8.17. The number of likely N-dealkylation sites (N-methyl/N-ethyl adjacent to an activating group) is 1. The van der Waals surface area contributed by atoms with Gasteiger partial charge < -0.3 is 15.4 Å². The Morgan fingerprint density at radius 1 is 1.24 bits per heavy atom. The van der Waals surface area contributed by atoms with Crippen molar-refractivity contribution in [3.8, 4) is 5.75 Å². The van der Waals surface area contributed by atoms with Crippen LogP contribution in [0.3, 0.4) is 0 Å². The number of methoxy groups -OCH3 is 1. The molecule has 0 heterocycles. The minimum atomic E-state index is 0.0602. The van der Waals surface area contributed by atoms with Gasteiger partial charge in [-0.1, -0.05) is 33.6 Å². The molecule has 21 heavy (non-hydrogen) atoms. The molecule has 0 saturated heterocycles. The normalized spacial score (nSPS) is 12.0. The number of halogens is 2. The fourth-order valence-corrected chi connectivity index (χ4v) is 3.21. The number of hydrogen-bond donors (Lipinski definition) is 1. The number of ether oxygens (including phenoxy) is 1. The van der Waals surface area contributed by atoms with E-state index in [1.807, 2.05) is 49.5 Å². The standard InChI is InChI=1S/C16H18BrClN2O/c1-20(12-4-6-13(21-2)7-5-12)16(10-19)14-8-3-11(18)9-15(14)17/h3-9,16H,10,19H2,1-2H3. The van der Waals surface area contributed by atoms with Crippen LogP contribution in [0.5, 0.6) is 5.75 Å². The molecule has 0 aliphatic carbocycles. The van der Waals surface area contributed by atoms with E-state index in [0.29, 0.717) is 11.6 Å². The second kappa shape index (κ2) is 7.16. The number of nitrogens with zero attached hydrogens (tertiary/aromatic N) is 1. The van der Waals surface area contributed by atoms with Crippen molar-refractivity contribution in [2.24, 2.45) is 5.73 Å². The van der Waals surface area contributed by atoms with E-state index in [0.717, 1.165) is 21.5 Å². The van der Waals surface area contributed by atoms with E-state index in [9.17, 15) is 0 Å². The Morgan fingerprint density at radius 3 is 2.43 bits per heavy atom. The summed E-state index contributed by atoms with van der Waals surface area (Å²) in [7, 11) is 3.69. The lowest BCUT2D eigenvalue weighted by atomic mass is 10.1. The van der Waals surface area contributed by atoms with Crippen molar-refractivity contribution < 1.29 is 4.74 Å². The van der Waals surface area contributed by atoms with Gasteiger partial charge in [0.1, 0.15) is 5.75 Å². The van der Waals surface area contributed by atoms with E-state index in [1.54, 1.807) is 7.11 Å². The summed E-state index contributed by atoms with van der Waals surface area (Å²) in [4.78, 5) is 2.15. The van der Waals surface area contributed by atoms with Crippen LogP contribution in [-0.2, 0) is 0 Å². The summed E-state index contributed by atoms with van der Waals surface area (Å²) in [6.07, 6.45) is 0. The summed E-state index contributed by atoms with van der Waals surface area (Å²) >= 11 is 9.57. The maximum Gasteiger partial charge on any atom is 0.119 e. The topological polar surface area (TPSA) is 38.5 Å². The van der Waals surface area contributed by atoms with Crippen molar-refractivity contribution in [1.29, 1.82) is 0 Å². The third-order valence-corrected chi connectivity index (χ3v) is 4.41. The zero-order valence-corrected chi connectivity index (χ0v) is 14.4. The Bertz CT molecular complexity index is 604. The minimum Gasteiger partial charge on any atom is -0.497 e. The third kappa shape index (κ3) is 3.70. The van der Waals surface area contributed by atoms with E-state index in [2.05, 4.69) is 20.8 Å². The lowest BCUT2D eigenvalue weighted by Crippen LogP contribution is -2.30. The van der Waals surface area contributed by atoms with E-state index in [-0.39, 0.29) is 6.04 Å². The van der Waals surface area contributed by atoms with Crippen LogP contribution >= 0.6 is 27.5 Å². The molecule has 5 heteroatoms. The Labute approximate surface area is 138 Å². The molecule has 1 atom stereocenters. The summed E-state index contributed by atoms with van der Waals surface area (Å²) in [5.74, 6) is 0.837. The van der Waals surface area contributed by atoms with Crippen LogP contribution in [-0.4, -0.2) is 20.7 Å². The molecule has 0 amide bonds. The van der Waals surface area contributed by atoms with Gasteiger partial charge >= 0.3 is 0 Å². The van der Waals surface area contributed by atoms with Gasteiger partial charge in [0.15, 0.2) is 0 Å². The van der Waals surface area contributed by atoms with Crippen LogP contribution in [0.25, 0.3) is 0 Å². The SMILES string of the molecule is COc1ccc(N(C)C(CN)c2ccc(Cl)cc2Br)cc1. The molecule has 0 fully saturated rings. The molecule has 0 spiro atoms. The average molecular weight is 370 g/mol. The lowest BCUT2D eigenvalue weighted by molar-refractivity contribution is 0.415. The third-order valence-electron chi connectivity index (χ3n) is 3.49. The van der Waals surface area contributed by atoms with Gasteiger partial charge in [0, 0.05) is 28.8 Å².